The van der Waals surface area contributed by atoms with Crippen molar-refractivity contribution in [3.05, 3.63) is 35.1 Å². The lowest BCUT2D eigenvalue weighted by atomic mass is 10.1. The van der Waals surface area contributed by atoms with E-state index in [1.807, 2.05) is 6.07 Å². The molecular weight excluding hydrogens is 257 g/mol. The molecule has 0 aliphatic carbocycles. The monoisotopic (exact) mass is 279 g/mol. The van der Waals surface area contributed by atoms with Crippen LogP contribution in [-0.4, -0.2) is 43.0 Å². The van der Waals surface area contributed by atoms with Crippen LogP contribution in [0.5, 0.6) is 0 Å². The van der Waals surface area contributed by atoms with Crippen molar-refractivity contribution in [2.45, 2.75) is 26.4 Å². The molecule has 1 heterocycles. The molecule has 0 aromatic heterocycles. The Hall–Kier alpha value is -1.46. The molecular formula is C15H22FN3O. The van der Waals surface area contributed by atoms with Gasteiger partial charge >= 0.3 is 0 Å². The quantitative estimate of drug-likeness (QED) is 0.818. The van der Waals surface area contributed by atoms with Gasteiger partial charge in [0.25, 0.3) is 0 Å². The molecule has 0 bridgehead atoms. The third-order valence-electron chi connectivity index (χ3n) is 3.76. The smallest absolute Gasteiger partial charge is 0.234 e. The number of aryl methyl sites for hydroxylation is 1. The third kappa shape index (κ3) is 3.77. The minimum atomic E-state index is -0.229. The summed E-state index contributed by atoms with van der Waals surface area (Å²) in [6, 6.07) is 5.51. The highest BCUT2D eigenvalue weighted by atomic mass is 19.1. The summed E-state index contributed by atoms with van der Waals surface area (Å²) in [5, 5.41) is 6.05. The number of carbonyl (C=O) groups is 1. The second-order valence-electron chi connectivity index (χ2n) is 5.24. The van der Waals surface area contributed by atoms with E-state index in [0.717, 1.165) is 25.2 Å². The molecule has 0 unspecified atom stereocenters. The zero-order valence-corrected chi connectivity index (χ0v) is 12.1. The number of nitrogens with one attached hydrogen (secondary N) is 2. The molecule has 1 aliphatic heterocycles. The molecule has 1 aromatic rings. The van der Waals surface area contributed by atoms with E-state index < -0.39 is 0 Å². The van der Waals surface area contributed by atoms with Crippen molar-refractivity contribution >= 4 is 5.91 Å². The van der Waals surface area contributed by atoms with Gasteiger partial charge in [0, 0.05) is 25.7 Å². The summed E-state index contributed by atoms with van der Waals surface area (Å²) >= 11 is 0. The van der Waals surface area contributed by atoms with Crippen LogP contribution in [0.1, 0.15) is 18.1 Å². The number of benzene rings is 1. The molecule has 0 spiro atoms. The molecule has 20 heavy (non-hydrogen) atoms. The highest BCUT2D eigenvalue weighted by Crippen LogP contribution is 2.09. The number of hydrogen-bond donors (Lipinski definition) is 2. The molecule has 1 aromatic carbocycles. The Bertz CT molecular complexity index is 474. The number of hydrogen-bond acceptors (Lipinski definition) is 3. The van der Waals surface area contributed by atoms with E-state index in [1.165, 1.54) is 6.07 Å². The number of carbonyl (C=O) groups excluding carboxylic acids is 1. The molecule has 1 fully saturated rings. The highest BCUT2D eigenvalue weighted by Gasteiger charge is 2.24. The SMILES string of the molecule is CCN(CC(=O)NCc1ccc(C)c(F)c1)C1CNC1. The van der Waals surface area contributed by atoms with Gasteiger partial charge in [0.15, 0.2) is 0 Å². The Morgan fingerprint density at radius 1 is 1.50 bits per heavy atom. The van der Waals surface area contributed by atoms with Crippen molar-refractivity contribution in [1.29, 1.82) is 0 Å². The van der Waals surface area contributed by atoms with E-state index in [4.69, 9.17) is 0 Å². The summed E-state index contributed by atoms with van der Waals surface area (Å²) in [5.41, 5.74) is 1.41. The summed E-state index contributed by atoms with van der Waals surface area (Å²) in [6.07, 6.45) is 0. The Morgan fingerprint density at radius 3 is 2.80 bits per heavy atom. The lowest BCUT2D eigenvalue weighted by Gasteiger charge is -2.37. The van der Waals surface area contributed by atoms with Crippen LogP contribution in [0.25, 0.3) is 0 Å². The van der Waals surface area contributed by atoms with Gasteiger partial charge in [-0.1, -0.05) is 19.1 Å². The molecule has 1 aliphatic rings. The molecule has 2 rings (SSSR count). The predicted octanol–water partition coefficient (Wildman–Crippen LogP) is 1.04. The normalized spacial score (nSPS) is 15.2. The fraction of sp³-hybridized carbons (Fsp3) is 0.533. The van der Waals surface area contributed by atoms with Crippen LogP contribution in [0.4, 0.5) is 4.39 Å². The number of amides is 1. The number of nitrogens with zero attached hydrogens (tertiary/aromatic N) is 1. The van der Waals surface area contributed by atoms with Crippen molar-refractivity contribution in [2.24, 2.45) is 0 Å². The van der Waals surface area contributed by atoms with E-state index >= 15 is 0 Å². The van der Waals surface area contributed by atoms with Crippen LogP contribution < -0.4 is 10.6 Å². The van der Waals surface area contributed by atoms with Gasteiger partial charge in [-0.05, 0) is 30.7 Å². The van der Waals surface area contributed by atoms with Crippen LogP contribution in [0, 0.1) is 12.7 Å². The molecule has 1 saturated heterocycles. The van der Waals surface area contributed by atoms with Gasteiger partial charge in [0.1, 0.15) is 5.82 Å². The van der Waals surface area contributed by atoms with Crippen LogP contribution in [0.2, 0.25) is 0 Å². The van der Waals surface area contributed by atoms with Crippen molar-refractivity contribution in [3.63, 3.8) is 0 Å². The maximum atomic E-state index is 13.4. The van der Waals surface area contributed by atoms with E-state index in [2.05, 4.69) is 22.5 Å². The lowest BCUT2D eigenvalue weighted by molar-refractivity contribution is -0.123. The van der Waals surface area contributed by atoms with E-state index in [0.29, 0.717) is 24.7 Å². The van der Waals surface area contributed by atoms with Gasteiger partial charge in [-0.3, -0.25) is 9.69 Å². The molecule has 0 radical (unpaired) electrons. The second kappa shape index (κ2) is 6.81. The molecule has 4 nitrogen and oxygen atoms in total. The molecule has 5 heteroatoms. The fourth-order valence-corrected chi connectivity index (χ4v) is 2.22. The van der Waals surface area contributed by atoms with Crippen molar-refractivity contribution < 1.29 is 9.18 Å². The first-order valence-electron chi connectivity index (χ1n) is 7.06. The minimum Gasteiger partial charge on any atom is -0.351 e. The van der Waals surface area contributed by atoms with Crippen LogP contribution >= 0.6 is 0 Å². The molecule has 0 atom stereocenters. The number of halogens is 1. The Labute approximate surface area is 119 Å². The van der Waals surface area contributed by atoms with E-state index in [-0.39, 0.29) is 11.7 Å². The first-order valence-corrected chi connectivity index (χ1v) is 7.06. The zero-order valence-electron chi connectivity index (χ0n) is 12.1. The van der Waals surface area contributed by atoms with Gasteiger partial charge < -0.3 is 10.6 Å². The highest BCUT2D eigenvalue weighted by molar-refractivity contribution is 5.78. The average molecular weight is 279 g/mol. The van der Waals surface area contributed by atoms with Crippen molar-refractivity contribution in [2.75, 3.05) is 26.2 Å². The van der Waals surface area contributed by atoms with Gasteiger partial charge in [-0.25, -0.2) is 4.39 Å². The average Bonchev–Trinajstić information content (AvgIpc) is 2.37. The molecule has 110 valence electrons. The third-order valence-corrected chi connectivity index (χ3v) is 3.76. The second-order valence-corrected chi connectivity index (χ2v) is 5.24. The summed E-state index contributed by atoms with van der Waals surface area (Å²) in [4.78, 5) is 14.1. The maximum Gasteiger partial charge on any atom is 0.234 e. The van der Waals surface area contributed by atoms with Gasteiger partial charge in [-0.15, -0.1) is 0 Å². The van der Waals surface area contributed by atoms with Crippen LogP contribution in [0.15, 0.2) is 18.2 Å². The van der Waals surface area contributed by atoms with Gasteiger partial charge in [-0.2, -0.15) is 0 Å². The number of likely N-dealkylation sites (N-methyl/N-ethyl adjacent to an activating group) is 1. The van der Waals surface area contributed by atoms with E-state index in [9.17, 15) is 9.18 Å². The summed E-state index contributed by atoms with van der Waals surface area (Å²) < 4.78 is 13.4. The molecule has 0 saturated carbocycles. The van der Waals surface area contributed by atoms with Crippen LogP contribution in [-0.2, 0) is 11.3 Å². The van der Waals surface area contributed by atoms with E-state index in [1.54, 1.807) is 13.0 Å². The molecule has 2 N–H and O–H groups in total. The summed E-state index contributed by atoms with van der Waals surface area (Å²) in [6.45, 7) is 7.31. The topological polar surface area (TPSA) is 44.4 Å². The molecule has 1 amide bonds. The van der Waals surface area contributed by atoms with Crippen molar-refractivity contribution in [1.82, 2.24) is 15.5 Å². The Balaban J connectivity index is 1.80. The largest absolute Gasteiger partial charge is 0.351 e. The van der Waals surface area contributed by atoms with Crippen molar-refractivity contribution in [3.8, 4) is 0 Å². The fourth-order valence-electron chi connectivity index (χ4n) is 2.22. The first-order chi connectivity index (χ1) is 9.60. The Morgan fingerprint density at radius 2 is 2.25 bits per heavy atom. The standard InChI is InChI=1S/C15H22FN3O/c1-3-19(13-8-17-9-13)10-15(20)18-7-12-5-4-11(2)14(16)6-12/h4-6,13,17H,3,7-10H2,1-2H3,(H,18,20). The summed E-state index contributed by atoms with van der Waals surface area (Å²) in [5.74, 6) is -0.243. The van der Waals surface area contributed by atoms with Gasteiger partial charge in [0.2, 0.25) is 5.91 Å². The van der Waals surface area contributed by atoms with Gasteiger partial charge in [0.05, 0.1) is 6.54 Å². The lowest BCUT2D eigenvalue weighted by Crippen LogP contribution is -2.58. The minimum absolute atomic E-state index is 0.0141. The van der Waals surface area contributed by atoms with Crippen LogP contribution in [0.3, 0.4) is 0 Å². The predicted molar refractivity (Wildman–Crippen MR) is 76.9 cm³/mol. The Kier molecular flexibility index (Phi) is 5.09. The zero-order chi connectivity index (χ0) is 14.5. The maximum absolute atomic E-state index is 13.4. The number of rotatable bonds is 6. The first kappa shape index (κ1) is 14.9. The summed E-state index contributed by atoms with van der Waals surface area (Å²) in [7, 11) is 0.